The topological polar surface area (TPSA) is 47.6 Å². The molecule has 1 aliphatic rings. The second-order valence-corrected chi connectivity index (χ2v) is 5.90. The summed E-state index contributed by atoms with van der Waals surface area (Å²) in [6.07, 6.45) is 2.03. The van der Waals surface area contributed by atoms with Crippen molar-refractivity contribution in [1.82, 2.24) is 5.32 Å². The third-order valence-electron chi connectivity index (χ3n) is 3.15. The van der Waals surface area contributed by atoms with Gasteiger partial charge in [0.15, 0.2) is 0 Å². The minimum absolute atomic E-state index is 0.0430. The molecular formula is C15H20BrNO3. The molecule has 5 heteroatoms. The normalized spacial score (nSPS) is 18.2. The predicted octanol–water partition coefficient (Wildman–Crippen LogP) is 2.68. The Morgan fingerprint density at radius 1 is 1.50 bits per heavy atom. The predicted molar refractivity (Wildman–Crippen MR) is 81.0 cm³/mol. The number of carbonyl (C=O) groups is 1. The Kier molecular flexibility index (Phi) is 6.01. The van der Waals surface area contributed by atoms with Crippen molar-refractivity contribution in [3.05, 3.63) is 33.8 Å². The summed E-state index contributed by atoms with van der Waals surface area (Å²) in [5, 5.41) is 2.91. The summed E-state index contributed by atoms with van der Waals surface area (Å²) in [7, 11) is 0. The Hall–Kier alpha value is -0.910. The molecule has 0 aliphatic carbocycles. The van der Waals surface area contributed by atoms with Crippen LogP contribution in [-0.2, 0) is 9.47 Å². The Morgan fingerprint density at radius 3 is 3.05 bits per heavy atom. The van der Waals surface area contributed by atoms with E-state index in [1.807, 2.05) is 25.1 Å². The number of halogens is 1. The van der Waals surface area contributed by atoms with Crippen molar-refractivity contribution in [2.24, 2.45) is 0 Å². The second-order valence-electron chi connectivity index (χ2n) is 4.98. The average molecular weight is 342 g/mol. The third-order valence-corrected chi connectivity index (χ3v) is 3.61. The van der Waals surface area contributed by atoms with Crippen LogP contribution in [0.1, 0.15) is 28.8 Å². The number of hydrogen-bond acceptors (Lipinski definition) is 3. The zero-order chi connectivity index (χ0) is 14.4. The van der Waals surface area contributed by atoms with E-state index in [4.69, 9.17) is 9.47 Å². The fourth-order valence-electron chi connectivity index (χ4n) is 2.14. The van der Waals surface area contributed by atoms with Crippen LogP contribution in [0.15, 0.2) is 22.7 Å². The molecule has 1 amide bonds. The summed E-state index contributed by atoms with van der Waals surface area (Å²) in [5.41, 5.74) is 1.75. The summed E-state index contributed by atoms with van der Waals surface area (Å²) < 4.78 is 11.8. The highest BCUT2D eigenvalue weighted by Crippen LogP contribution is 2.15. The number of amides is 1. The molecule has 1 aliphatic heterocycles. The zero-order valence-electron chi connectivity index (χ0n) is 11.7. The van der Waals surface area contributed by atoms with Crippen molar-refractivity contribution in [2.75, 3.05) is 26.4 Å². The van der Waals surface area contributed by atoms with Crippen molar-refractivity contribution < 1.29 is 14.3 Å². The average Bonchev–Trinajstić information content (AvgIpc) is 2.90. The van der Waals surface area contributed by atoms with Gasteiger partial charge in [0.05, 0.1) is 12.7 Å². The first kappa shape index (κ1) is 15.5. The van der Waals surface area contributed by atoms with Gasteiger partial charge in [0.2, 0.25) is 0 Å². The third kappa shape index (κ3) is 4.89. The van der Waals surface area contributed by atoms with Crippen molar-refractivity contribution >= 4 is 21.8 Å². The first-order valence-electron chi connectivity index (χ1n) is 6.90. The number of nitrogens with one attached hydrogen (secondary N) is 1. The Labute approximate surface area is 128 Å². The molecule has 1 saturated heterocycles. The molecule has 1 heterocycles. The lowest BCUT2D eigenvalue weighted by atomic mass is 10.1. The molecule has 0 spiro atoms. The molecule has 1 fully saturated rings. The number of hydrogen-bond donors (Lipinski definition) is 1. The minimum atomic E-state index is -0.0430. The quantitative estimate of drug-likeness (QED) is 0.809. The fourth-order valence-corrected chi connectivity index (χ4v) is 2.75. The molecule has 0 radical (unpaired) electrons. The van der Waals surface area contributed by atoms with Crippen LogP contribution in [0.3, 0.4) is 0 Å². The number of rotatable bonds is 6. The van der Waals surface area contributed by atoms with Gasteiger partial charge in [-0.2, -0.15) is 0 Å². The molecule has 20 heavy (non-hydrogen) atoms. The molecule has 1 N–H and O–H groups in total. The molecule has 4 nitrogen and oxygen atoms in total. The molecule has 0 saturated carbocycles. The molecule has 1 unspecified atom stereocenters. The van der Waals surface area contributed by atoms with E-state index in [2.05, 4.69) is 21.2 Å². The van der Waals surface area contributed by atoms with Gasteiger partial charge in [-0.3, -0.25) is 4.79 Å². The molecule has 1 atom stereocenters. The van der Waals surface area contributed by atoms with Crippen LogP contribution in [0.2, 0.25) is 0 Å². The van der Waals surface area contributed by atoms with E-state index in [-0.39, 0.29) is 12.0 Å². The molecule has 0 aromatic heterocycles. The van der Waals surface area contributed by atoms with Crippen molar-refractivity contribution in [2.45, 2.75) is 25.9 Å². The van der Waals surface area contributed by atoms with Crippen LogP contribution in [-0.4, -0.2) is 38.4 Å². The molecular weight excluding hydrogens is 322 g/mol. The summed E-state index contributed by atoms with van der Waals surface area (Å²) in [6.45, 7) is 4.75. The highest BCUT2D eigenvalue weighted by atomic mass is 79.9. The Bertz CT molecular complexity index is 438. The summed E-state index contributed by atoms with van der Waals surface area (Å²) >= 11 is 3.40. The first-order valence-corrected chi connectivity index (χ1v) is 7.69. The van der Waals surface area contributed by atoms with Gasteiger partial charge in [-0.15, -0.1) is 0 Å². The van der Waals surface area contributed by atoms with E-state index < -0.39 is 0 Å². The van der Waals surface area contributed by atoms with Crippen LogP contribution in [0.4, 0.5) is 0 Å². The zero-order valence-corrected chi connectivity index (χ0v) is 13.2. The maximum atomic E-state index is 12.0. The molecule has 2 rings (SSSR count). The molecule has 1 aromatic carbocycles. The van der Waals surface area contributed by atoms with Crippen molar-refractivity contribution in [3.8, 4) is 0 Å². The SMILES string of the molecule is Cc1cc(Br)cc(C(=O)NCCCOC2CCOC2)c1. The van der Waals surface area contributed by atoms with Gasteiger partial charge in [-0.25, -0.2) is 0 Å². The van der Waals surface area contributed by atoms with E-state index in [9.17, 15) is 4.79 Å². The number of ether oxygens (including phenoxy) is 2. The van der Waals surface area contributed by atoms with Gasteiger partial charge in [-0.05, 0) is 43.5 Å². The van der Waals surface area contributed by atoms with Crippen LogP contribution in [0.25, 0.3) is 0 Å². The van der Waals surface area contributed by atoms with Gasteiger partial charge in [0.1, 0.15) is 0 Å². The highest BCUT2D eigenvalue weighted by Gasteiger charge is 2.15. The summed E-state index contributed by atoms with van der Waals surface area (Å²) in [6, 6.07) is 5.69. The van der Waals surface area contributed by atoms with E-state index in [1.165, 1.54) is 0 Å². The minimum Gasteiger partial charge on any atom is -0.379 e. The Morgan fingerprint density at radius 2 is 2.35 bits per heavy atom. The van der Waals surface area contributed by atoms with E-state index in [1.54, 1.807) is 0 Å². The maximum Gasteiger partial charge on any atom is 0.251 e. The van der Waals surface area contributed by atoms with E-state index in [0.717, 1.165) is 29.5 Å². The fraction of sp³-hybridized carbons (Fsp3) is 0.533. The lowest BCUT2D eigenvalue weighted by molar-refractivity contribution is 0.0415. The molecule has 0 bridgehead atoms. The van der Waals surface area contributed by atoms with Gasteiger partial charge in [0.25, 0.3) is 5.91 Å². The highest BCUT2D eigenvalue weighted by molar-refractivity contribution is 9.10. The lowest BCUT2D eigenvalue weighted by Gasteiger charge is -2.10. The second kappa shape index (κ2) is 7.76. The largest absolute Gasteiger partial charge is 0.379 e. The van der Waals surface area contributed by atoms with E-state index in [0.29, 0.717) is 25.3 Å². The lowest BCUT2D eigenvalue weighted by Crippen LogP contribution is -2.26. The monoisotopic (exact) mass is 341 g/mol. The van der Waals surface area contributed by atoms with Crippen LogP contribution < -0.4 is 5.32 Å². The maximum absolute atomic E-state index is 12.0. The standard InChI is InChI=1S/C15H20BrNO3/c1-11-7-12(9-13(16)8-11)15(18)17-4-2-5-20-14-3-6-19-10-14/h7-9,14H,2-6,10H2,1H3,(H,17,18). The van der Waals surface area contributed by atoms with Crippen molar-refractivity contribution in [3.63, 3.8) is 0 Å². The van der Waals surface area contributed by atoms with Gasteiger partial charge < -0.3 is 14.8 Å². The summed E-state index contributed by atoms with van der Waals surface area (Å²) in [4.78, 5) is 12.0. The number of benzene rings is 1. The number of carbonyl (C=O) groups excluding carboxylic acids is 1. The Balaban J connectivity index is 1.66. The van der Waals surface area contributed by atoms with E-state index >= 15 is 0 Å². The van der Waals surface area contributed by atoms with Gasteiger partial charge in [-0.1, -0.05) is 15.9 Å². The van der Waals surface area contributed by atoms with Crippen LogP contribution in [0.5, 0.6) is 0 Å². The first-order chi connectivity index (χ1) is 9.65. The molecule has 1 aromatic rings. The number of aryl methyl sites for hydroxylation is 1. The van der Waals surface area contributed by atoms with Gasteiger partial charge in [0, 0.05) is 29.8 Å². The van der Waals surface area contributed by atoms with Crippen molar-refractivity contribution in [1.29, 1.82) is 0 Å². The van der Waals surface area contributed by atoms with Crippen LogP contribution >= 0.6 is 15.9 Å². The summed E-state index contributed by atoms with van der Waals surface area (Å²) in [5.74, 6) is -0.0430. The smallest absolute Gasteiger partial charge is 0.251 e. The van der Waals surface area contributed by atoms with Gasteiger partial charge >= 0.3 is 0 Å². The van der Waals surface area contributed by atoms with Crippen LogP contribution in [0, 0.1) is 6.92 Å². The molecule has 110 valence electrons.